The lowest BCUT2D eigenvalue weighted by Crippen LogP contribution is -2.47. The molecule has 0 aromatic rings. The predicted octanol–water partition coefficient (Wildman–Crippen LogP) is 4.95. The molecule has 8 bridgehead atoms. The summed E-state index contributed by atoms with van der Waals surface area (Å²) in [5.41, 5.74) is -6.11. The van der Waals surface area contributed by atoms with Gasteiger partial charge in [-0.2, -0.15) is 0 Å². The predicted molar refractivity (Wildman–Crippen MR) is 225 cm³/mol. The topological polar surface area (TPSA) is 348 Å². The highest BCUT2D eigenvalue weighted by Crippen LogP contribution is 2.61. The molecule has 0 aliphatic carbocycles. The van der Waals surface area contributed by atoms with Crippen LogP contribution in [0.2, 0.25) is 0 Å². The number of allylic oxidation sites excluding steroid dienone is 3. The first-order valence-electron chi connectivity index (χ1n) is 20.8. The number of carboxylic acids is 8. The maximum Gasteiger partial charge on any atom is 0.307 e. The molecule has 0 unspecified atom stereocenters. The van der Waals surface area contributed by atoms with Gasteiger partial charge in [0.2, 0.25) is 0 Å². The fourth-order valence-corrected chi connectivity index (χ4v) is 10.6. The van der Waals surface area contributed by atoms with E-state index >= 15 is 0 Å². The maximum atomic E-state index is 13.0. The minimum Gasteiger partial charge on any atom is -0.481 e. The Hall–Kier alpha value is -6.47. The van der Waals surface area contributed by atoms with E-state index in [1.54, 1.807) is 34.6 Å². The van der Waals surface area contributed by atoms with Crippen LogP contribution < -0.4 is 5.32 Å². The Morgan fingerprint density at radius 3 is 1.75 bits per heavy atom. The molecule has 5 aliphatic rings. The highest BCUT2D eigenvalue weighted by atomic mass is 16.4. The van der Waals surface area contributed by atoms with Crippen LogP contribution in [0.3, 0.4) is 0 Å². The van der Waals surface area contributed by atoms with Gasteiger partial charge in [0, 0.05) is 89.2 Å². The van der Waals surface area contributed by atoms with E-state index < -0.39 is 132 Å². The van der Waals surface area contributed by atoms with E-state index in [1.807, 2.05) is 0 Å². The van der Waals surface area contributed by atoms with E-state index in [1.165, 1.54) is 6.08 Å². The average Bonchev–Trinajstić information content (AvgIpc) is 3.72. The standard InChI is InChI=1S/C44H54N4O16/c1-40(13-12-34(55)56)25(15-36(59)60)39-44(5)42(3,20-38(63)64)23(8-11-33(53)54)27(48-44)17-30-41(2,19-37(61)62)22(7-10-32(51)52)28(45-30)18-43(4)24(14-35(57)58)21(6-9-31(49)50)26(47-43)16-29(40)46-39/h17,23,45H,6-16,18-20H2,1-5H3,(H,49,50)(H,51,52)(H,53,54)(H,55,56)(H,57,58)(H,59,60)(H,61,62)(H,63,64)/t23-,40-,41+,42+,43+,44+/m1/s1. The van der Waals surface area contributed by atoms with Gasteiger partial charge >= 0.3 is 47.8 Å². The summed E-state index contributed by atoms with van der Waals surface area (Å²) in [6.07, 6.45) is -4.33. The highest BCUT2D eigenvalue weighted by Gasteiger charge is 2.62. The first-order valence-corrected chi connectivity index (χ1v) is 20.8. The third kappa shape index (κ3) is 9.12. The fraction of sp³-hybridized carbons (Fsp3) is 0.568. The molecule has 5 aliphatic heterocycles. The number of fused-ring (bicyclic) bond motifs is 6. The number of rotatable bonds is 20. The molecular weight excluding hydrogens is 840 g/mol. The van der Waals surface area contributed by atoms with Crippen molar-refractivity contribution in [1.29, 1.82) is 0 Å². The van der Waals surface area contributed by atoms with Crippen molar-refractivity contribution in [1.82, 2.24) is 5.32 Å². The van der Waals surface area contributed by atoms with Gasteiger partial charge < -0.3 is 46.2 Å². The van der Waals surface area contributed by atoms with Crippen molar-refractivity contribution in [2.45, 2.75) is 136 Å². The van der Waals surface area contributed by atoms with E-state index in [4.69, 9.17) is 15.0 Å². The molecule has 9 N–H and O–H groups in total. The van der Waals surface area contributed by atoms with Crippen molar-refractivity contribution in [3.05, 3.63) is 45.5 Å². The highest BCUT2D eigenvalue weighted by molar-refractivity contribution is 6.18. The van der Waals surface area contributed by atoms with E-state index in [9.17, 15) is 79.2 Å². The molecule has 5 rings (SSSR count). The number of nitrogens with one attached hydrogen (secondary N) is 1. The lowest BCUT2D eigenvalue weighted by Gasteiger charge is -2.43. The number of nitrogens with zero attached hydrogens (tertiary/aromatic N) is 3. The number of carbonyl (C=O) groups is 8. The van der Waals surface area contributed by atoms with Crippen molar-refractivity contribution in [2.24, 2.45) is 37.1 Å². The molecule has 0 radical (unpaired) electrons. The van der Waals surface area contributed by atoms with Gasteiger partial charge in [-0.25, -0.2) is 0 Å². The SMILES string of the molecule is C[C@]1(CCC(=O)O)C2=NC(=C1CC(=O)O)[C@]1(C)N=C(C=C3NC(=C(CCC(=O)O)[C@]3(C)CC(=O)O)C[C@]3(C)N=C(C2)C(CCC(=O)O)=C3CC(=O)O)[C@@H](CCC(=O)O)[C@]1(C)CC(=O)O. The maximum absolute atomic E-state index is 13.0. The lowest BCUT2D eigenvalue weighted by molar-refractivity contribution is -0.142. The monoisotopic (exact) mass is 894 g/mol. The Bertz CT molecular complexity index is 2350. The number of hydrogen-bond donors (Lipinski definition) is 9. The van der Waals surface area contributed by atoms with Gasteiger partial charge in [-0.05, 0) is 74.8 Å². The van der Waals surface area contributed by atoms with Crippen LogP contribution in [0.25, 0.3) is 0 Å². The van der Waals surface area contributed by atoms with Gasteiger partial charge in [-0.1, -0.05) is 13.8 Å². The summed E-state index contributed by atoms with van der Waals surface area (Å²) in [7, 11) is 0. The average molecular weight is 895 g/mol. The van der Waals surface area contributed by atoms with Gasteiger partial charge in [0.1, 0.15) is 5.54 Å². The number of aliphatic carboxylic acids is 8. The van der Waals surface area contributed by atoms with Crippen molar-refractivity contribution >= 4 is 64.9 Å². The minimum absolute atomic E-state index is 0.0121. The molecule has 5 heterocycles. The Morgan fingerprint density at radius 1 is 0.641 bits per heavy atom. The van der Waals surface area contributed by atoms with Crippen LogP contribution in [0, 0.1) is 22.2 Å². The van der Waals surface area contributed by atoms with Gasteiger partial charge in [-0.3, -0.25) is 53.3 Å². The normalized spacial score (nSPS) is 29.5. The first-order chi connectivity index (χ1) is 29.6. The minimum atomic E-state index is -1.80. The van der Waals surface area contributed by atoms with Crippen molar-refractivity contribution in [3.8, 4) is 0 Å². The summed E-state index contributed by atoms with van der Waals surface area (Å²) in [5.74, 6) is -11.2. The summed E-state index contributed by atoms with van der Waals surface area (Å²) in [5, 5.41) is 84.6. The second-order valence-electron chi connectivity index (χ2n) is 18.3. The largest absolute Gasteiger partial charge is 0.481 e. The summed E-state index contributed by atoms with van der Waals surface area (Å²) in [6, 6.07) is 0. The Labute approximate surface area is 367 Å². The molecule has 346 valence electrons. The Kier molecular flexibility index (Phi) is 13.4. The van der Waals surface area contributed by atoms with Crippen LogP contribution in [-0.2, 0) is 38.4 Å². The van der Waals surface area contributed by atoms with Gasteiger partial charge in [0.05, 0.1) is 36.9 Å². The molecule has 0 saturated heterocycles. The molecular formula is C44H54N4O16. The molecule has 20 heteroatoms. The van der Waals surface area contributed by atoms with E-state index in [0.717, 1.165) is 0 Å². The van der Waals surface area contributed by atoms with Crippen molar-refractivity contribution in [2.75, 3.05) is 0 Å². The van der Waals surface area contributed by atoms with Crippen LogP contribution in [-0.4, -0.2) is 117 Å². The summed E-state index contributed by atoms with van der Waals surface area (Å²) < 4.78 is 0. The van der Waals surface area contributed by atoms with Crippen LogP contribution in [0.5, 0.6) is 0 Å². The fourth-order valence-electron chi connectivity index (χ4n) is 10.6. The molecule has 0 aromatic heterocycles. The van der Waals surface area contributed by atoms with E-state index in [-0.39, 0.29) is 83.8 Å². The quantitative estimate of drug-likeness (QED) is 0.0781. The lowest BCUT2D eigenvalue weighted by atomic mass is 9.60. The number of hydrogen-bond acceptors (Lipinski definition) is 12. The smallest absolute Gasteiger partial charge is 0.307 e. The third-order valence-corrected chi connectivity index (χ3v) is 14.0. The van der Waals surface area contributed by atoms with Crippen LogP contribution in [0.1, 0.15) is 125 Å². The molecule has 0 fully saturated rings. The molecule has 0 saturated carbocycles. The molecule has 0 amide bonds. The van der Waals surface area contributed by atoms with Crippen LogP contribution in [0.4, 0.5) is 0 Å². The van der Waals surface area contributed by atoms with Gasteiger partial charge in [0.15, 0.2) is 0 Å². The third-order valence-electron chi connectivity index (χ3n) is 14.0. The molecule has 6 atom stereocenters. The first kappa shape index (κ1) is 48.6. The molecule has 0 aromatic carbocycles. The van der Waals surface area contributed by atoms with Gasteiger partial charge in [-0.15, -0.1) is 0 Å². The summed E-state index contributed by atoms with van der Waals surface area (Å²) in [6.45, 7) is 7.89. The molecule has 20 nitrogen and oxygen atoms in total. The Morgan fingerprint density at radius 2 is 1.20 bits per heavy atom. The van der Waals surface area contributed by atoms with Crippen LogP contribution in [0.15, 0.2) is 60.4 Å². The second-order valence-corrected chi connectivity index (χ2v) is 18.3. The molecule has 64 heavy (non-hydrogen) atoms. The van der Waals surface area contributed by atoms with Crippen LogP contribution >= 0.6 is 0 Å². The van der Waals surface area contributed by atoms with Gasteiger partial charge in [0.25, 0.3) is 0 Å². The number of carboxylic acid groups (broad SMARTS) is 8. The second kappa shape index (κ2) is 17.6. The zero-order chi connectivity index (χ0) is 47.9. The summed E-state index contributed by atoms with van der Waals surface area (Å²) >= 11 is 0. The van der Waals surface area contributed by atoms with Crippen molar-refractivity contribution < 1.29 is 79.2 Å². The van der Waals surface area contributed by atoms with E-state index in [2.05, 4.69) is 5.32 Å². The Balaban J connectivity index is 2.00. The zero-order valence-electron chi connectivity index (χ0n) is 36.2. The van der Waals surface area contributed by atoms with Crippen molar-refractivity contribution in [3.63, 3.8) is 0 Å². The number of aliphatic imine (C=N–C) groups is 3. The van der Waals surface area contributed by atoms with E-state index in [0.29, 0.717) is 11.3 Å². The molecule has 0 spiro atoms. The zero-order valence-corrected chi connectivity index (χ0v) is 36.2. The summed E-state index contributed by atoms with van der Waals surface area (Å²) in [4.78, 5) is 115.